The quantitative estimate of drug-likeness (QED) is 0.842. The lowest BCUT2D eigenvalue weighted by atomic mass is 10.2. The molecule has 4 nitrogen and oxygen atoms in total. The molecule has 0 spiro atoms. The molecule has 2 aromatic rings. The maximum atomic E-state index is 12.0. The maximum absolute atomic E-state index is 12.0. The Labute approximate surface area is 129 Å². The average Bonchev–Trinajstić information content (AvgIpc) is 2.37. The summed E-state index contributed by atoms with van der Waals surface area (Å²) in [6, 6.07) is 9.31. The van der Waals surface area contributed by atoms with Crippen molar-refractivity contribution in [2.75, 3.05) is 5.32 Å². The van der Waals surface area contributed by atoms with E-state index in [0.29, 0.717) is 11.3 Å². The molecule has 0 unspecified atom stereocenters. The second-order valence-electron chi connectivity index (χ2n) is 3.76. The molecule has 2 rings (SSSR count). The number of hydrogen-bond donors (Lipinski definition) is 1. The van der Waals surface area contributed by atoms with E-state index in [1.165, 1.54) is 24.3 Å². The first-order valence-corrected chi connectivity index (χ1v) is 6.47. The number of nitrogens with zero attached hydrogens (tertiary/aromatic N) is 2. The highest BCUT2D eigenvalue weighted by Gasteiger charge is 2.10. The minimum atomic E-state index is -0.406. The molecule has 100 valence electrons. The number of rotatable bonds is 2. The standard InChI is InChI=1S/C13H6Cl3N3O/c14-10-5-9(2-1-7(10)6-17)18-13(20)8-3-11(15)19-12(16)4-8/h1-5H,(H,18,20). The van der Waals surface area contributed by atoms with Crippen LogP contribution in [0, 0.1) is 11.3 Å². The van der Waals surface area contributed by atoms with Crippen LogP contribution in [0.3, 0.4) is 0 Å². The number of aromatic nitrogens is 1. The molecule has 0 atom stereocenters. The molecular weight excluding hydrogens is 321 g/mol. The van der Waals surface area contributed by atoms with Gasteiger partial charge in [-0.15, -0.1) is 0 Å². The second kappa shape index (κ2) is 6.10. The summed E-state index contributed by atoms with van der Waals surface area (Å²) in [6.45, 7) is 0. The van der Waals surface area contributed by atoms with Crippen LogP contribution in [0.15, 0.2) is 30.3 Å². The Morgan fingerprint density at radius 3 is 2.35 bits per heavy atom. The first-order chi connectivity index (χ1) is 9.49. The SMILES string of the molecule is N#Cc1ccc(NC(=O)c2cc(Cl)nc(Cl)c2)cc1Cl. The minimum absolute atomic E-state index is 0.125. The molecule has 0 bridgehead atoms. The van der Waals surface area contributed by atoms with Crippen LogP contribution in [0.4, 0.5) is 5.69 Å². The fourth-order valence-corrected chi connectivity index (χ4v) is 2.17. The Kier molecular flexibility index (Phi) is 4.46. The molecule has 1 amide bonds. The van der Waals surface area contributed by atoms with Gasteiger partial charge in [0.25, 0.3) is 5.91 Å². The third kappa shape index (κ3) is 3.40. The molecule has 1 aromatic carbocycles. The minimum Gasteiger partial charge on any atom is -0.322 e. The highest BCUT2D eigenvalue weighted by atomic mass is 35.5. The molecule has 20 heavy (non-hydrogen) atoms. The van der Waals surface area contributed by atoms with Gasteiger partial charge in [-0.3, -0.25) is 4.79 Å². The summed E-state index contributed by atoms with van der Waals surface area (Å²) in [5.74, 6) is -0.406. The van der Waals surface area contributed by atoms with Crippen LogP contribution in [0.25, 0.3) is 0 Å². The number of carbonyl (C=O) groups is 1. The van der Waals surface area contributed by atoms with E-state index in [1.54, 1.807) is 6.07 Å². The van der Waals surface area contributed by atoms with Crippen LogP contribution in [0.1, 0.15) is 15.9 Å². The Hall–Kier alpha value is -1.80. The fourth-order valence-electron chi connectivity index (χ4n) is 1.48. The molecule has 1 aromatic heterocycles. The Bertz CT molecular complexity index is 705. The van der Waals surface area contributed by atoms with E-state index in [1.807, 2.05) is 6.07 Å². The average molecular weight is 327 g/mol. The number of anilines is 1. The number of halogens is 3. The van der Waals surface area contributed by atoms with Crippen LogP contribution in [-0.4, -0.2) is 10.9 Å². The van der Waals surface area contributed by atoms with Gasteiger partial charge < -0.3 is 5.32 Å². The van der Waals surface area contributed by atoms with Crippen molar-refractivity contribution in [1.29, 1.82) is 5.26 Å². The van der Waals surface area contributed by atoms with Crippen LogP contribution in [-0.2, 0) is 0 Å². The molecule has 0 saturated carbocycles. The number of carbonyl (C=O) groups excluding carboxylic acids is 1. The van der Waals surface area contributed by atoms with E-state index in [-0.39, 0.29) is 20.9 Å². The van der Waals surface area contributed by atoms with Crippen molar-refractivity contribution < 1.29 is 4.79 Å². The number of hydrogen-bond acceptors (Lipinski definition) is 3. The van der Waals surface area contributed by atoms with Crippen molar-refractivity contribution in [3.8, 4) is 6.07 Å². The predicted molar refractivity (Wildman–Crippen MR) is 78.4 cm³/mol. The highest BCUT2D eigenvalue weighted by molar-refractivity contribution is 6.33. The zero-order chi connectivity index (χ0) is 14.7. The summed E-state index contributed by atoms with van der Waals surface area (Å²) >= 11 is 17.3. The summed E-state index contributed by atoms with van der Waals surface area (Å²) in [5.41, 5.74) is 1.07. The van der Waals surface area contributed by atoms with Crippen molar-refractivity contribution in [1.82, 2.24) is 4.98 Å². The third-order valence-electron chi connectivity index (χ3n) is 2.37. The maximum Gasteiger partial charge on any atom is 0.255 e. The monoisotopic (exact) mass is 325 g/mol. The first-order valence-electron chi connectivity index (χ1n) is 5.33. The Morgan fingerprint density at radius 1 is 1.15 bits per heavy atom. The van der Waals surface area contributed by atoms with Crippen molar-refractivity contribution in [2.45, 2.75) is 0 Å². The first kappa shape index (κ1) is 14.6. The van der Waals surface area contributed by atoms with E-state index in [2.05, 4.69) is 10.3 Å². The molecule has 1 heterocycles. The van der Waals surface area contributed by atoms with Gasteiger partial charge in [-0.2, -0.15) is 5.26 Å². The summed E-state index contributed by atoms with van der Waals surface area (Å²) in [6.07, 6.45) is 0. The van der Waals surface area contributed by atoms with Crippen molar-refractivity contribution in [2.24, 2.45) is 0 Å². The summed E-state index contributed by atoms with van der Waals surface area (Å²) in [7, 11) is 0. The van der Waals surface area contributed by atoms with Crippen LogP contribution < -0.4 is 5.32 Å². The number of nitriles is 1. The van der Waals surface area contributed by atoms with Gasteiger partial charge in [-0.05, 0) is 30.3 Å². The lowest BCUT2D eigenvalue weighted by Crippen LogP contribution is -2.12. The molecular formula is C13H6Cl3N3O. The van der Waals surface area contributed by atoms with Gasteiger partial charge in [-0.25, -0.2) is 4.98 Å². The largest absolute Gasteiger partial charge is 0.322 e. The summed E-state index contributed by atoms with van der Waals surface area (Å²) in [4.78, 5) is 15.8. The Balaban J connectivity index is 2.23. The van der Waals surface area contributed by atoms with Crippen molar-refractivity contribution in [3.05, 3.63) is 56.8 Å². The second-order valence-corrected chi connectivity index (χ2v) is 4.94. The van der Waals surface area contributed by atoms with Gasteiger partial charge in [-0.1, -0.05) is 34.8 Å². The smallest absolute Gasteiger partial charge is 0.255 e. The normalized spacial score (nSPS) is 9.90. The highest BCUT2D eigenvalue weighted by Crippen LogP contribution is 2.21. The molecule has 0 aliphatic heterocycles. The van der Waals surface area contributed by atoms with Gasteiger partial charge in [0.1, 0.15) is 16.4 Å². The molecule has 0 aliphatic rings. The van der Waals surface area contributed by atoms with Crippen molar-refractivity contribution >= 4 is 46.4 Å². The number of amides is 1. The van der Waals surface area contributed by atoms with E-state index >= 15 is 0 Å². The molecule has 0 saturated heterocycles. The zero-order valence-corrected chi connectivity index (χ0v) is 12.1. The molecule has 0 fully saturated rings. The summed E-state index contributed by atoms with van der Waals surface area (Å²) < 4.78 is 0. The van der Waals surface area contributed by atoms with Gasteiger partial charge in [0, 0.05) is 11.3 Å². The Morgan fingerprint density at radius 2 is 1.80 bits per heavy atom. The predicted octanol–water partition coefficient (Wildman–Crippen LogP) is 4.17. The number of nitrogens with one attached hydrogen (secondary N) is 1. The zero-order valence-electron chi connectivity index (χ0n) is 9.82. The van der Waals surface area contributed by atoms with E-state index in [9.17, 15) is 4.79 Å². The van der Waals surface area contributed by atoms with Crippen LogP contribution >= 0.6 is 34.8 Å². The topological polar surface area (TPSA) is 65.8 Å². The lowest BCUT2D eigenvalue weighted by Gasteiger charge is -2.06. The fraction of sp³-hybridized carbons (Fsp3) is 0. The van der Waals surface area contributed by atoms with Crippen LogP contribution in [0.5, 0.6) is 0 Å². The third-order valence-corrected chi connectivity index (χ3v) is 3.07. The summed E-state index contributed by atoms with van der Waals surface area (Å²) in [5, 5.41) is 11.9. The van der Waals surface area contributed by atoms with E-state index in [0.717, 1.165) is 0 Å². The van der Waals surface area contributed by atoms with E-state index in [4.69, 9.17) is 40.1 Å². The molecule has 0 radical (unpaired) electrons. The van der Waals surface area contributed by atoms with Crippen molar-refractivity contribution in [3.63, 3.8) is 0 Å². The van der Waals surface area contributed by atoms with Gasteiger partial charge in [0.2, 0.25) is 0 Å². The van der Waals surface area contributed by atoms with E-state index < -0.39 is 5.91 Å². The van der Waals surface area contributed by atoms with Gasteiger partial charge >= 0.3 is 0 Å². The van der Waals surface area contributed by atoms with Crippen LogP contribution in [0.2, 0.25) is 15.3 Å². The number of benzene rings is 1. The van der Waals surface area contributed by atoms with Gasteiger partial charge in [0.05, 0.1) is 10.6 Å². The number of pyridine rings is 1. The molecule has 7 heteroatoms. The molecule has 1 N–H and O–H groups in total. The lowest BCUT2D eigenvalue weighted by molar-refractivity contribution is 0.102. The van der Waals surface area contributed by atoms with Gasteiger partial charge in [0.15, 0.2) is 0 Å². The molecule has 0 aliphatic carbocycles.